The van der Waals surface area contributed by atoms with E-state index < -0.39 is 0 Å². The van der Waals surface area contributed by atoms with E-state index in [1.54, 1.807) is 0 Å². The van der Waals surface area contributed by atoms with Gasteiger partial charge >= 0.3 is 0 Å². The number of pyridine rings is 2. The minimum Gasteiger partial charge on any atom is -0.254 e. The molecule has 0 spiro atoms. The Morgan fingerprint density at radius 3 is 1.41 bits per heavy atom. The zero-order valence-electron chi connectivity index (χ0n) is 19.2. The lowest BCUT2D eigenvalue weighted by atomic mass is 9.80. The second kappa shape index (κ2) is 7.01. The highest BCUT2D eigenvalue weighted by molar-refractivity contribution is 7.12. The maximum Gasteiger partial charge on any atom is 0.0996 e. The van der Waals surface area contributed by atoms with Gasteiger partial charge in [0.15, 0.2) is 0 Å². The number of aromatic nitrogens is 4. The predicted molar refractivity (Wildman–Crippen MR) is 143 cm³/mol. The standard InChI is InChI=1S/C28H20N4S2/c1-13-11-19(15(3)33-13)21-22(20-12-14(2)34-16(20)4)28-27(21)31-25-17-7-5-9-29-23(17)24-18(26(25)32-28)8-6-10-30-24/h5-12H,1-4H3. The van der Waals surface area contributed by atoms with Crippen LogP contribution in [0.1, 0.15) is 42.0 Å². The van der Waals surface area contributed by atoms with Crippen molar-refractivity contribution in [3.63, 3.8) is 0 Å². The molecule has 0 saturated heterocycles. The first kappa shape index (κ1) is 19.9. The lowest BCUT2D eigenvalue weighted by Crippen LogP contribution is -2.15. The molecule has 0 bridgehead atoms. The molecule has 1 aromatic carbocycles. The van der Waals surface area contributed by atoms with Crippen LogP contribution in [-0.4, -0.2) is 19.9 Å². The molecule has 4 nitrogen and oxygen atoms in total. The molecule has 7 rings (SSSR count). The van der Waals surface area contributed by atoms with Gasteiger partial charge in [-0.05, 0) is 75.2 Å². The van der Waals surface area contributed by atoms with Crippen molar-refractivity contribution in [3.8, 4) is 0 Å². The van der Waals surface area contributed by atoms with Crippen LogP contribution in [0, 0.1) is 27.7 Å². The van der Waals surface area contributed by atoms with Gasteiger partial charge in [-0.1, -0.05) is 0 Å². The minimum absolute atomic E-state index is 0.872. The highest BCUT2D eigenvalue weighted by atomic mass is 32.1. The smallest absolute Gasteiger partial charge is 0.0996 e. The first-order valence-electron chi connectivity index (χ1n) is 11.2. The van der Waals surface area contributed by atoms with Crippen LogP contribution in [0.15, 0.2) is 48.8 Å². The number of nitrogens with zero attached hydrogens (tertiary/aromatic N) is 4. The van der Waals surface area contributed by atoms with Gasteiger partial charge in [0.25, 0.3) is 0 Å². The van der Waals surface area contributed by atoms with E-state index in [9.17, 15) is 0 Å². The van der Waals surface area contributed by atoms with E-state index >= 15 is 0 Å². The number of thiophene rings is 2. The summed E-state index contributed by atoms with van der Waals surface area (Å²) in [6, 6.07) is 12.7. The van der Waals surface area contributed by atoms with Crippen LogP contribution in [0.25, 0.3) is 44.0 Å². The molecule has 6 heteroatoms. The summed E-state index contributed by atoms with van der Waals surface area (Å²) in [5.74, 6) is 0. The Hall–Kier alpha value is -3.48. The van der Waals surface area contributed by atoms with Gasteiger partial charge in [-0.2, -0.15) is 0 Å². The average Bonchev–Trinajstić information content (AvgIpc) is 3.33. The van der Waals surface area contributed by atoms with Gasteiger partial charge in [0, 0.05) is 53.8 Å². The Morgan fingerprint density at radius 2 is 1.03 bits per heavy atom. The maximum atomic E-state index is 5.28. The molecule has 0 aliphatic heterocycles. The summed E-state index contributed by atoms with van der Waals surface area (Å²) in [5.41, 5.74) is 10.5. The summed E-state index contributed by atoms with van der Waals surface area (Å²) < 4.78 is 0. The minimum atomic E-state index is 0.872. The molecular weight excluding hydrogens is 456 g/mol. The van der Waals surface area contributed by atoms with Crippen molar-refractivity contribution < 1.29 is 0 Å². The van der Waals surface area contributed by atoms with E-state index in [1.165, 1.54) is 41.8 Å². The number of fused-ring (bicyclic) bond motifs is 7. The molecule has 0 atom stereocenters. The van der Waals surface area contributed by atoms with Crippen molar-refractivity contribution in [2.75, 3.05) is 0 Å². The van der Waals surface area contributed by atoms with E-state index in [4.69, 9.17) is 9.97 Å². The van der Waals surface area contributed by atoms with Crippen molar-refractivity contribution in [1.82, 2.24) is 19.9 Å². The van der Waals surface area contributed by atoms with Crippen LogP contribution >= 0.6 is 22.7 Å². The van der Waals surface area contributed by atoms with Crippen LogP contribution in [-0.2, 0) is 0 Å². The van der Waals surface area contributed by atoms with E-state index in [0.29, 0.717) is 0 Å². The van der Waals surface area contributed by atoms with Crippen LogP contribution in [0.5, 0.6) is 0 Å². The molecule has 5 aromatic heterocycles. The number of aryl methyl sites for hydroxylation is 4. The monoisotopic (exact) mass is 476 g/mol. The predicted octanol–water partition coefficient (Wildman–Crippen LogP) is 7.40. The van der Waals surface area contributed by atoms with Crippen LogP contribution in [0.4, 0.5) is 0 Å². The molecule has 1 aliphatic rings. The normalized spacial score (nSPS) is 13.2. The van der Waals surface area contributed by atoms with Crippen molar-refractivity contribution in [2.45, 2.75) is 27.7 Å². The Balaban J connectivity index is 1.63. The quantitative estimate of drug-likeness (QED) is 0.244. The van der Waals surface area contributed by atoms with Gasteiger partial charge in [0.2, 0.25) is 0 Å². The van der Waals surface area contributed by atoms with Gasteiger partial charge in [-0.15, -0.1) is 22.7 Å². The summed E-state index contributed by atoms with van der Waals surface area (Å²) >= 11 is 3.68. The van der Waals surface area contributed by atoms with E-state index in [-0.39, 0.29) is 0 Å². The van der Waals surface area contributed by atoms with E-state index in [2.05, 4.69) is 61.9 Å². The van der Waals surface area contributed by atoms with Gasteiger partial charge in [0.05, 0.1) is 33.5 Å². The van der Waals surface area contributed by atoms with E-state index in [0.717, 1.165) is 44.2 Å². The van der Waals surface area contributed by atoms with Crippen LogP contribution < -0.4 is 0 Å². The molecule has 164 valence electrons. The first-order chi connectivity index (χ1) is 16.5. The Kier molecular flexibility index (Phi) is 4.11. The summed E-state index contributed by atoms with van der Waals surface area (Å²) in [7, 11) is 0. The topological polar surface area (TPSA) is 51.6 Å². The third kappa shape index (κ3) is 2.64. The lowest BCUT2D eigenvalue weighted by molar-refractivity contribution is 1.18. The molecule has 0 unspecified atom stereocenters. The summed E-state index contributed by atoms with van der Waals surface area (Å²) in [4.78, 5) is 25.1. The Morgan fingerprint density at radius 1 is 0.588 bits per heavy atom. The van der Waals surface area contributed by atoms with Crippen LogP contribution in [0.3, 0.4) is 0 Å². The van der Waals surface area contributed by atoms with Crippen molar-refractivity contribution in [3.05, 3.63) is 90.8 Å². The Labute approximate surface area is 204 Å². The fourth-order valence-corrected chi connectivity index (χ4v) is 7.05. The second-order valence-electron chi connectivity index (χ2n) is 8.82. The Bertz CT molecular complexity index is 1720. The second-order valence-corrected chi connectivity index (χ2v) is 11.7. The number of benzene rings is 1. The summed E-state index contributed by atoms with van der Waals surface area (Å²) in [6.07, 6.45) is 3.64. The number of hydrogen-bond acceptors (Lipinski definition) is 6. The number of hydrogen-bond donors (Lipinski definition) is 0. The fourth-order valence-electron chi connectivity index (χ4n) is 5.19. The molecule has 0 fully saturated rings. The zero-order chi connectivity index (χ0) is 23.1. The van der Waals surface area contributed by atoms with Gasteiger partial charge in [-0.25, -0.2) is 9.97 Å². The molecule has 34 heavy (non-hydrogen) atoms. The molecule has 1 aliphatic carbocycles. The average molecular weight is 477 g/mol. The third-order valence-corrected chi connectivity index (χ3v) is 8.52. The van der Waals surface area contributed by atoms with Gasteiger partial charge in [-0.3, -0.25) is 9.97 Å². The largest absolute Gasteiger partial charge is 0.254 e. The van der Waals surface area contributed by atoms with Gasteiger partial charge < -0.3 is 0 Å². The fraction of sp³-hybridized carbons (Fsp3) is 0.143. The molecule has 0 radical (unpaired) electrons. The summed E-state index contributed by atoms with van der Waals surface area (Å²) in [5, 5.41) is 1.99. The highest BCUT2D eigenvalue weighted by Gasteiger charge is 2.35. The molecule has 5 heterocycles. The van der Waals surface area contributed by atoms with Crippen molar-refractivity contribution >= 4 is 66.7 Å². The molecule has 0 amide bonds. The molecule has 6 aromatic rings. The van der Waals surface area contributed by atoms with E-state index in [1.807, 2.05) is 47.2 Å². The van der Waals surface area contributed by atoms with Crippen LogP contribution in [0.2, 0.25) is 0 Å². The molecule has 0 N–H and O–H groups in total. The number of rotatable bonds is 2. The molecule has 0 saturated carbocycles. The van der Waals surface area contributed by atoms with Crippen molar-refractivity contribution in [1.29, 1.82) is 0 Å². The van der Waals surface area contributed by atoms with Gasteiger partial charge in [0.1, 0.15) is 0 Å². The lowest BCUT2D eigenvalue weighted by Gasteiger charge is -2.27. The first-order valence-corrected chi connectivity index (χ1v) is 12.9. The maximum absolute atomic E-state index is 5.28. The third-order valence-electron chi connectivity index (χ3n) is 6.59. The zero-order valence-corrected chi connectivity index (χ0v) is 20.9. The summed E-state index contributed by atoms with van der Waals surface area (Å²) in [6.45, 7) is 8.75. The highest BCUT2D eigenvalue weighted by Crippen LogP contribution is 2.50. The molecular formula is C28H20N4S2. The SMILES string of the molecule is Cc1cc(C2=C(c3cc(C)sc3C)c3nc4c5cccnc5c5ncccc5c4nc32)c(C)s1. The van der Waals surface area contributed by atoms with Crippen molar-refractivity contribution in [2.24, 2.45) is 0 Å².